The summed E-state index contributed by atoms with van der Waals surface area (Å²) in [6, 6.07) is 5.52. The zero-order valence-corrected chi connectivity index (χ0v) is 8.62. The number of hydrogen-bond acceptors (Lipinski definition) is 2. The highest BCUT2D eigenvalue weighted by atomic mass is 16.5. The highest BCUT2D eigenvalue weighted by Crippen LogP contribution is 2.27. The number of benzene rings is 1. The Morgan fingerprint density at radius 2 is 1.53 bits per heavy atom. The second-order valence-corrected chi connectivity index (χ2v) is 2.86. The van der Waals surface area contributed by atoms with Gasteiger partial charge in [0.1, 0.15) is 24.7 Å². The lowest BCUT2D eigenvalue weighted by Gasteiger charge is -2.10. The van der Waals surface area contributed by atoms with Crippen molar-refractivity contribution in [2.45, 2.75) is 6.92 Å². The molecule has 0 bridgehead atoms. The normalized spacial score (nSPS) is 8.73. The average molecular weight is 200 g/mol. The first-order valence-electron chi connectivity index (χ1n) is 4.51. The Bertz CT molecular complexity index is 371. The van der Waals surface area contributed by atoms with Gasteiger partial charge in [-0.05, 0) is 19.1 Å². The van der Waals surface area contributed by atoms with Gasteiger partial charge in [0.15, 0.2) is 0 Å². The molecular weight excluding hydrogens is 188 g/mol. The van der Waals surface area contributed by atoms with E-state index in [9.17, 15) is 0 Å². The summed E-state index contributed by atoms with van der Waals surface area (Å²) in [6.45, 7) is 2.40. The van der Waals surface area contributed by atoms with Gasteiger partial charge in [0.2, 0.25) is 0 Å². The minimum atomic E-state index is 0.249. The fourth-order valence-electron chi connectivity index (χ4n) is 1.15. The maximum absolute atomic E-state index is 5.34. The van der Waals surface area contributed by atoms with Crippen LogP contribution in [0.1, 0.15) is 5.56 Å². The number of rotatable bonds is 4. The van der Waals surface area contributed by atoms with E-state index in [2.05, 4.69) is 11.8 Å². The van der Waals surface area contributed by atoms with E-state index in [1.54, 1.807) is 0 Å². The van der Waals surface area contributed by atoms with Gasteiger partial charge in [-0.25, -0.2) is 0 Å². The van der Waals surface area contributed by atoms with Crippen molar-refractivity contribution in [2.75, 3.05) is 13.2 Å². The lowest BCUT2D eigenvalue weighted by atomic mass is 10.2. The Morgan fingerprint density at radius 3 is 1.93 bits per heavy atom. The molecule has 0 aliphatic heterocycles. The molecule has 1 aromatic rings. The third-order valence-electron chi connectivity index (χ3n) is 1.86. The van der Waals surface area contributed by atoms with Gasteiger partial charge in [0.25, 0.3) is 0 Å². The summed E-state index contributed by atoms with van der Waals surface area (Å²) in [5.41, 5.74) is 0.906. The molecule has 0 spiro atoms. The molecular formula is C13H12O2. The third-order valence-corrected chi connectivity index (χ3v) is 1.86. The summed E-state index contributed by atoms with van der Waals surface area (Å²) in [4.78, 5) is 0. The van der Waals surface area contributed by atoms with Crippen molar-refractivity contribution in [3.8, 4) is 36.2 Å². The van der Waals surface area contributed by atoms with Gasteiger partial charge in [-0.15, -0.1) is 12.8 Å². The fourth-order valence-corrected chi connectivity index (χ4v) is 1.15. The molecule has 0 saturated heterocycles. The molecule has 0 N–H and O–H groups in total. The molecule has 0 heterocycles. The van der Waals surface area contributed by atoms with Crippen LogP contribution in [0.5, 0.6) is 11.5 Å². The van der Waals surface area contributed by atoms with Crippen LogP contribution in [0, 0.1) is 31.6 Å². The number of hydrogen-bond donors (Lipinski definition) is 0. The van der Waals surface area contributed by atoms with E-state index in [0.29, 0.717) is 0 Å². The minimum absolute atomic E-state index is 0.249. The minimum Gasteiger partial charge on any atom is -0.481 e. The molecule has 0 fully saturated rings. The Balaban J connectivity index is 2.82. The predicted octanol–water partition coefficient (Wildman–Crippen LogP) is 2.02. The summed E-state index contributed by atoms with van der Waals surface area (Å²) in [6.07, 6.45) is 10.2. The van der Waals surface area contributed by atoms with Crippen LogP contribution in [0.3, 0.4) is 0 Å². The molecule has 0 aliphatic carbocycles. The maximum atomic E-state index is 5.34. The Morgan fingerprint density at radius 1 is 1.07 bits per heavy atom. The van der Waals surface area contributed by atoms with Crippen LogP contribution in [-0.4, -0.2) is 13.2 Å². The van der Waals surface area contributed by atoms with Crippen molar-refractivity contribution in [3.63, 3.8) is 0 Å². The van der Waals surface area contributed by atoms with Crippen molar-refractivity contribution in [2.24, 2.45) is 0 Å². The molecule has 0 aromatic heterocycles. The van der Waals surface area contributed by atoms with Crippen LogP contribution in [-0.2, 0) is 0 Å². The quantitative estimate of drug-likeness (QED) is 0.692. The summed E-state index contributed by atoms with van der Waals surface area (Å²) in [7, 11) is 0. The zero-order valence-electron chi connectivity index (χ0n) is 8.62. The van der Waals surface area contributed by atoms with E-state index in [0.717, 1.165) is 17.1 Å². The van der Waals surface area contributed by atoms with E-state index in [1.807, 2.05) is 25.1 Å². The molecule has 2 heteroatoms. The Kier molecular flexibility index (Phi) is 4.13. The van der Waals surface area contributed by atoms with Crippen molar-refractivity contribution < 1.29 is 9.47 Å². The maximum Gasteiger partial charge on any atom is 0.148 e. The summed E-state index contributed by atoms with van der Waals surface area (Å²) in [5.74, 6) is 6.27. The van der Waals surface area contributed by atoms with Gasteiger partial charge in [0.05, 0.1) is 0 Å². The van der Waals surface area contributed by atoms with Crippen LogP contribution in [0.15, 0.2) is 18.2 Å². The van der Waals surface area contributed by atoms with Crippen molar-refractivity contribution in [1.29, 1.82) is 0 Å². The van der Waals surface area contributed by atoms with E-state index >= 15 is 0 Å². The second kappa shape index (κ2) is 5.62. The SMILES string of the molecule is C#CCOc1cccc(OCC#C)c1C. The van der Waals surface area contributed by atoms with E-state index in [1.165, 1.54) is 0 Å². The van der Waals surface area contributed by atoms with Gasteiger partial charge in [-0.1, -0.05) is 17.9 Å². The first-order valence-corrected chi connectivity index (χ1v) is 4.51. The van der Waals surface area contributed by atoms with E-state index in [-0.39, 0.29) is 13.2 Å². The molecule has 2 nitrogen and oxygen atoms in total. The van der Waals surface area contributed by atoms with Crippen LogP contribution in [0.2, 0.25) is 0 Å². The van der Waals surface area contributed by atoms with Crippen molar-refractivity contribution in [1.82, 2.24) is 0 Å². The number of ether oxygens (including phenoxy) is 2. The average Bonchev–Trinajstić information content (AvgIpc) is 2.26. The molecule has 76 valence electrons. The molecule has 1 aromatic carbocycles. The highest BCUT2D eigenvalue weighted by Gasteiger charge is 2.04. The van der Waals surface area contributed by atoms with Gasteiger partial charge in [0, 0.05) is 5.56 Å². The summed E-state index contributed by atoms with van der Waals surface area (Å²) < 4.78 is 10.7. The lowest BCUT2D eigenvalue weighted by Crippen LogP contribution is -1.99. The van der Waals surface area contributed by atoms with Gasteiger partial charge < -0.3 is 9.47 Å². The lowest BCUT2D eigenvalue weighted by molar-refractivity contribution is 0.347. The molecule has 0 saturated carbocycles. The fraction of sp³-hybridized carbons (Fsp3) is 0.231. The van der Waals surface area contributed by atoms with Crippen LogP contribution < -0.4 is 9.47 Å². The monoisotopic (exact) mass is 200 g/mol. The molecule has 1 rings (SSSR count). The van der Waals surface area contributed by atoms with Crippen molar-refractivity contribution >= 4 is 0 Å². The first-order chi connectivity index (χ1) is 7.29. The van der Waals surface area contributed by atoms with Crippen LogP contribution in [0.4, 0.5) is 0 Å². The largest absolute Gasteiger partial charge is 0.481 e. The van der Waals surface area contributed by atoms with Gasteiger partial charge in [-0.3, -0.25) is 0 Å². The van der Waals surface area contributed by atoms with Gasteiger partial charge >= 0.3 is 0 Å². The third kappa shape index (κ3) is 2.97. The first kappa shape index (κ1) is 11.0. The van der Waals surface area contributed by atoms with Crippen molar-refractivity contribution in [3.05, 3.63) is 23.8 Å². The molecule has 15 heavy (non-hydrogen) atoms. The molecule has 0 atom stereocenters. The standard InChI is InChI=1S/C13H12O2/c1-4-9-14-12-7-6-8-13(11(12)3)15-10-5-2/h1-2,6-8H,9-10H2,3H3. The Hall–Kier alpha value is -2.06. The molecule has 0 radical (unpaired) electrons. The van der Waals surface area contributed by atoms with Crippen LogP contribution >= 0.6 is 0 Å². The Labute approximate surface area is 90.2 Å². The van der Waals surface area contributed by atoms with Crippen LogP contribution in [0.25, 0.3) is 0 Å². The summed E-state index contributed by atoms with van der Waals surface area (Å²) >= 11 is 0. The van der Waals surface area contributed by atoms with Gasteiger partial charge in [-0.2, -0.15) is 0 Å². The predicted molar refractivity (Wildman–Crippen MR) is 59.8 cm³/mol. The smallest absolute Gasteiger partial charge is 0.148 e. The number of terminal acetylenes is 2. The van der Waals surface area contributed by atoms with E-state index < -0.39 is 0 Å². The molecule has 0 aliphatic rings. The van der Waals surface area contributed by atoms with E-state index in [4.69, 9.17) is 22.3 Å². The highest BCUT2D eigenvalue weighted by molar-refractivity contribution is 5.43. The molecule has 0 unspecified atom stereocenters. The second-order valence-electron chi connectivity index (χ2n) is 2.86. The summed E-state index contributed by atoms with van der Waals surface area (Å²) in [5, 5.41) is 0. The molecule has 0 amide bonds. The zero-order chi connectivity index (χ0) is 11.1. The topological polar surface area (TPSA) is 18.5 Å².